The maximum Gasteiger partial charge on any atom is 0.227 e. The molecule has 0 spiro atoms. The summed E-state index contributed by atoms with van der Waals surface area (Å²) in [7, 11) is 0. The molecule has 1 aromatic rings. The molecule has 2 rings (SSSR count). The first-order valence-electron chi connectivity index (χ1n) is 6.57. The zero-order valence-electron chi connectivity index (χ0n) is 10.8. The summed E-state index contributed by atoms with van der Waals surface area (Å²) < 4.78 is 0.979. The van der Waals surface area contributed by atoms with Gasteiger partial charge in [0.05, 0.1) is 19.1 Å². The van der Waals surface area contributed by atoms with E-state index in [9.17, 15) is 4.79 Å². The minimum Gasteiger partial charge on any atom is -0.337 e. The van der Waals surface area contributed by atoms with Crippen molar-refractivity contribution in [2.45, 2.75) is 31.7 Å². The second-order valence-electron chi connectivity index (χ2n) is 4.84. The van der Waals surface area contributed by atoms with Gasteiger partial charge in [0.15, 0.2) is 0 Å². The molecule has 1 atom stereocenters. The Balaban J connectivity index is 2.03. The molecule has 104 valence electrons. The molecule has 0 saturated carbocycles. The SMILES string of the molecule is NOCC1CCCCN1C(=O)Cc1ccccc1Br. The minimum atomic E-state index is 0.119. The lowest BCUT2D eigenvalue weighted by atomic mass is 10.0. The molecule has 1 aromatic carbocycles. The molecular formula is C14H19BrN2O2. The number of hydrogen-bond donors (Lipinski definition) is 1. The quantitative estimate of drug-likeness (QED) is 0.863. The highest BCUT2D eigenvalue weighted by Crippen LogP contribution is 2.21. The number of piperidine rings is 1. The predicted molar refractivity (Wildman–Crippen MR) is 77.3 cm³/mol. The van der Waals surface area contributed by atoms with E-state index in [0.29, 0.717) is 13.0 Å². The normalized spacial score (nSPS) is 19.5. The van der Waals surface area contributed by atoms with Crippen LogP contribution >= 0.6 is 15.9 Å². The van der Waals surface area contributed by atoms with E-state index in [0.717, 1.165) is 35.8 Å². The van der Waals surface area contributed by atoms with Gasteiger partial charge >= 0.3 is 0 Å². The van der Waals surface area contributed by atoms with E-state index in [1.54, 1.807) is 0 Å². The Morgan fingerprint density at radius 2 is 2.21 bits per heavy atom. The van der Waals surface area contributed by atoms with Crippen LogP contribution in [0.3, 0.4) is 0 Å². The molecule has 1 unspecified atom stereocenters. The third-order valence-corrected chi connectivity index (χ3v) is 4.31. The Hall–Kier alpha value is -0.910. The van der Waals surface area contributed by atoms with Crippen LogP contribution in [0.4, 0.5) is 0 Å². The number of rotatable bonds is 4. The molecule has 1 saturated heterocycles. The van der Waals surface area contributed by atoms with Gasteiger partial charge in [-0.05, 0) is 30.9 Å². The number of hydrogen-bond acceptors (Lipinski definition) is 3. The molecule has 0 bridgehead atoms. The number of amides is 1. The van der Waals surface area contributed by atoms with Crippen molar-refractivity contribution < 1.29 is 9.63 Å². The van der Waals surface area contributed by atoms with Gasteiger partial charge in [-0.25, -0.2) is 5.90 Å². The largest absolute Gasteiger partial charge is 0.337 e. The highest BCUT2D eigenvalue weighted by atomic mass is 79.9. The van der Waals surface area contributed by atoms with Gasteiger partial charge in [0.2, 0.25) is 5.91 Å². The second-order valence-corrected chi connectivity index (χ2v) is 5.69. The van der Waals surface area contributed by atoms with Crippen molar-refractivity contribution in [3.05, 3.63) is 34.3 Å². The lowest BCUT2D eigenvalue weighted by molar-refractivity contribution is -0.135. The van der Waals surface area contributed by atoms with Crippen LogP contribution in [0.5, 0.6) is 0 Å². The lowest BCUT2D eigenvalue weighted by Crippen LogP contribution is -2.47. The highest BCUT2D eigenvalue weighted by molar-refractivity contribution is 9.10. The highest BCUT2D eigenvalue weighted by Gasteiger charge is 2.26. The van der Waals surface area contributed by atoms with E-state index in [-0.39, 0.29) is 11.9 Å². The van der Waals surface area contributed by atoms with Gasteiger partial charge in [-0.2, -0.15) is 0 Å². The van der Waals surface area contributed by atoms with Crippen LogP contribution in [0.15, 0.2) is 28.7 Å². The smallest absolute Gasteiger partial charge is 0.227 e. The molecule has 1 amide bonds. The fourth-order valence-electron chi connectivity index (χ4n) is 2.52. The molecule has 1 aliphatic rings. The Bertz CT molecular complexity index is 437. The van der Waals surface area contributed by atoms with Gasteiger partial charge in [-0.15, -0.1) is 0 Å². The monoisotopic (exact) mass is 326 g/mol. The maximum atomic E-state index is 12.4. The van der Waals surface area contributed by atoms with Crippen molar-refractivity contribution in [1.29, 1.82) is 0 Å². The number of carbonyl (C=O) groups excluding carboxylic acids is 1. The first-order chi connectivity index (χ1) is 9.22. The molecule has 0 aliphatic carbocycles. The van der Waals surface area contributed by atoms with Gasteiger partial charge in [0.25, 0.3) is 0 Å². The van der Waals surface area contributed by atoms with Gasteiger partial charge in [-0.3, -0.25) is 4.79 Å². The molecular weight excluding hydrogens is 308 g/mol. The summed E-state index contributed by atoms with van der Waals surface area (Å²) in [5, 5.41) is 0. The zero-order chi connectivity index (χ0) is 13.7. The fourth-order valence-corrected chi connectivity index (χ4v) is 2.94. The number of nitrogens with zero attached hydrogens (tertiary/aromatic N) is 1. The molecule has 1 aliphatic heterocycles. The van der Waals surface area contributed by atoms with Crippen molar-refractivity contribution in [2.24, 2.45) is 5.90 Å². The Morgan fingerprint density at radius 3 is 2.95 bits per heavy atom. The van der Waals surface area contributed by atoms with Crippen molar-refractivity contribution >= 4 is 21.8 Å². The zero-order valence-corrected chi connectivity index (χ0v) is 12.4. The van der Waals surface area contributed by atoms with Crippen LogP contribution in [-0.4, -0.2) is 30.0 Å². The summed E-state index contributed by atoms with van der Waals surface area (Å²) >= 11 is 3.48. The van der Waals surface area contributed by atoms with Crippen LogP contribution in [0.2, 0.25) is 0 Å². The van der Waals surface area contributed by atoms with Gasteiger partial charge in [0.1, 0.15) is 0 Å². The topological polar surface area (TPSA) is 55.6 Å². The summed E-state index contributed by atoms with van der Waals surface area (Å²) in [6.07, 6.45) is 3.58. The fraction of sp³-hybridized carbons (Fsp3) is 0.500. The van der Waals surface area contributed by atoms with E-state index in [1.807, 2.05) is 29.2 Å². The molecule has 4 nitrogen and oxygen atoms in total. The number of halogens is 1. The predicted octanol–water partition coefficient (Wildman–Crippen LogP) is 2.26. The molecule has 19 heavy (non-hydrogen) atoms. The van der Waals surface area contributed by atoms with Crippen LogP contribution in [-0.2, 0) is 16.1 Å². The van der Waals surface area contributed by atoms with E-state index >= 15 is 0 Å². The van der Waals surface area contributed by atoms with Crippen LogP contribution in [0, 0.1) is 0 Å². The van der Waals surface area contributed by atoms with Crippen molar-refractivity contribution in [2.75, 3.05) is 13.2 Å². The molecule has 1 fully saturated rings. The first-order valence-corrected chi connectivity index (χ1v) is 7.36. The number of nitrogens with two attached hydrogens (primary N) is 1. The molecule has 1 heterocycles. The number of likely N-dealkylation sites (tertiary alicyclic amines) is 1. The summed E-state index contributed by atoms with van der Waals surface area (Å²) in [5.74, 6) is 5.30. The van der Waals surface area contributed by atoms with E-state index in [4.69, 9.17) is 10.7 Å². The number of carbonyl (C=O) groups is 1. The average Bonchev–Trinajstić information content (AvgIpc) is 2.42. The third kappa shape index (κ3) is 3.78. The van der Waals surface area contributed by atoms with Crippen LogP contribution < -0.4 is 5.90 Å². The van der Waals surface area contributed by atoms with Crippen molar-refractivity contribution in [3.63, 3.8) is 0 Å². The maximum absolute atomic E-state index is 12.4. The van der Waals surface area contributed by atoms with E-state index in [1.165, 1.54) is 0 Å². The van der Waals surface area contributed by atoms with Crippen LogP contribution in [0.1, 0.15) is 24.8 Å². The molecule has 0 radical (unpaired) electrons. The number of benzene rings is 1. The Labute approximate surface area is 122 Å². The average molecular weight is 327 g/mol. The standard InChI is InChI=1S/C14H19BrN2O2/c15-13-7-2-1-5-11(13)9-14(18)17-8-4-3-6-12(17)10-19-16/h1-2,5,7,12H,3-4,6,8-10,16H2. The summed E-state index contributed by atoms with van der Waals surface area (Å²) in [4.78, 5) is 19.1. The summed E-state index contributed by atoms with van der Waals surface area (Å²) in [5.41, 5.74) is 1.02. The molecule has 0 aromatic heterocycles. The Morgan fingerprint density at radius 1 is 1.42 bits per heavy atom. The van der Waals surface area contributed by atoms with Crippen molar-refractivity contribution in [3.8, 4) is 0 Å². The van der Waals surface area contributed by atoms with Crippen LogP contribution in [0.25, 0.3) is 0 Å². The second kappa shape index (κ2) is 7.03. The molecule has 5 heteroatoms. The molecule has 2 N–H and O–H groups in total. The summed E-state index contributed by atoms with van der Waals surface area (Å²) in [6.45, 7) is 1.22. The van der Waals surface area contributed by atoms with Crippen molar-refractivity contribution in [1.82, 2.24) is 4.90 Å². The first kappa shape index (κ1) is 14.5. The third-order valence-electron chi connectivity index (χ3n) is 3.54. The van der Waals surface area contributed by atoms with E-state index < -0.39 is 0 Å². The lowest BCUT2D eigenvalue weighted by Gasteiger charge is -2.35. The van der Waals surface area contributed by atoms with Gasteiger partial charge < -0.3 is 9.74 Å². The van der Waals surface area contributed by atoms with E-state index in [2.05, 4.69) is 15.9 Å². The van der Waals surface area contributed by atoms with Gasteiger partial charge in [-0.1, -0.05) is 34.1 Å². The van der Waals surface area contributed by atoms with Gasteiger partial charge in [0, 0.05) is 11.0 Å². The Kier molecular flexibility index (Phi) is 5.36. The summed E-state index contributed by atoms with van der Waals surface area (Å²) in [6, 6.07) is 7.95. The minimum absolute atomic E-state index is 0.119.